The number of alkyl halides is 1. The van der Waals surface area contributed by atoms with Gasteiger partial charge in [0.2, 0.25) is 0 Å². The number of nitrogens with zero attached hydrogens (tertiary/aromatic N) is 2. The number of hydrogen-bond acceptors (Lipinski definition) is 4. The second-order valence-electron chi connectivity index (χ2n) is 1.35. The molecule has 0 aliphatic rings. The monoisotopic (exact) mass is 206 g/mol. The largest absolute Gasteiger partial charge is 0.291 e. The van der Waals surface area contributed by atoms with Gasteiger partial charge >= 0.3 is 0 Å². The molecule has 0 aliphatic heterocycles. The average Bonchev–Trinajstić information content (AvgIpc) is 2.37. The molecule has 0 atom stereocenters. The first-order valence-electron chi connectivity index (χ1n) is 2.21. The number of halogens is 1. The van der Waals surface area contributed by atoms with Crippen LogP contribution in [0.2, 0.25) is 0 Å². The van der Waals surface area contributed by atoms with E-state index in [2.05, 4.69) is 25.5 Å². The van der Waals surface area contributed by atoms with Crippen LogP contribution in [0.5, 0.6) is 0 Å². The van der Waals surface area contributed by atoms with Crippen molar-refractivity contribution in [1.82, 2.24) is 9.59 Å². The van der Waals surface area contributed by atoms with Crippen LogP contribution < -0.4 is 0 Å². The SMILES string of the molecule is O=C(CBr)c1csnn1. The molecule has 1 aromatic heterocycles. The number of carbonyl (C=O) groups excluding carboxylic acids is 1. The van der Waals surface area contributed by atoms with Crippen LogP contribution in [0.1, 0.15) is 10.5 Å². The summed E-state index contributed by atoms with van der Waals surface area (Å²) in [5.41, 5.74) is 0.442. The van der Waals surface area contributed by atoms with Gasteiger partial charge in [0.15, 0.2) is 5.78 Å². The highest BCUT2D eigenvalue weighted by atomic mass is 79.9. The molecule has 3 nitrogen and oxygen atoms in total. The van der Waals surface area contributed by atoms with Gasteiger partial charge in [0, 0.05) is 5.38 Å². The average molecular weight is 207 g/mol. The van der Waals surface area contributed by atoms with Gasteiger partial charge in [-0.25, -0.2) is 0 Å². The van der Waals surface area contributed by atoms with E-state index in [1.165, 1.54) is 11.5 Å². The molecule has 0 unspecified atom stereocenters. The van der Waals surface area contributed by atoms with Gasteiger partial charge in [-0.15, -0.1) is 5.10 Å². The highest BCUT2D eigenvalue weighted by molar-refractivity contribution is 9.09. The molecular weight excluding hydrogens is 204 g/mol. The maximum Gasteiger partial charge on any atom is 0.194 e. The molecule has 0 radical (unpaired) electrons. The molecule has 0 saturated heterocycles. The standard InChI is InChI=1S/C4H3BrN2OS/c5-1-4(8)3-2-9-7-6-3/h2H,1H2. The maximum atomic E-state index is 10.7. The first kappa shape index (κ1) is 6.82. The van der Waals surface area contributed by atoms with E-state index in [0.717, 1.165) is 0 Å². The van der Waals surface area contributed by atoms with Gasteiger partial charge in [0.05, 0.1) is 5.33 Å². The second-order valence-corrected chi connectivity index (χ2v) is 2.52. The number of ketones is 1. The van der Waals surface area contributed by atoms with Crippen molar-refractivity contribution in [1.29, 1.82) is 0 Å². The number of carbonyl (C=O) groups is 1. The molecule has 1 rings (SSSR count). The Bertz CT molecular complexity index is 198. The summed E-state index contributed by atoms with van der Waals surface area (Å²) in [6.07, 6.45) is 0. The molecule has 0 aromatic carbocycles. The minimum Gasteiger partial charge on any atom is -0.291 e. The first-order chi connectivity index (χ1) is 4.34. The molecule has 1 aromatic rings. The van der Waals surface area contributed by atoms with Crippen LogP contribution >= 0.6 is 27.5 Å². The van der Waals surface area contributed by atoms with Crippen LogP contribution in [-0.2, 0) is 0 Å². The first-order valence-corrected chi connectivity index (χ1v) is 4.16. The van der Waals surface area contributed by atoms with Crippen molar-refractivity contribution in [2.75, 3.05) is 5.33 Å². The lowest BCUT2D eigenvalue weighted by atomic mass is 10.4. The summed E-state index contributed by atoms with van der Waals surface area (Å²) in [6, 6.07) is 0. The van der Waals surface area contributed by atoms with E-state index in [-0.39, 0.29) is 5.78 Å². The van der Waals surface area contributed by atoms with Crippen LogP contribution in [-0.4, -0.2) is 20.7 Å². The maximum absolute atomic E-state index is 10.7. The summed E-state index contributed by atoms with van der Waals surface area (Å²) in [5.74, 6) is -0.0243. The van der Waals surface area contributed by atoms with Crippen molar-refractivity contribution >= 4 is 33.2 Å². The molecule has 0 bridgehead atoms. The molecule has 48 valence electrons. The summed E-state index contributed by atoms with van der Waals surface area (Å²) in [7, 11) is 0. The van der Waals surface area contributed by atoms with E-state index in [9.17, 15) is 4.79 Å². The molecule has 0 saturated carbocycles. The normalized spacial score (nSPS) is 9.44. The molecule has 0 N–H and O–H groups in total. The van der Waals surface area contributed by atoms with Crippen molar-refractivity contribution in [2.24, 2.45) is 0 Å². The van der Waals surface area contributed by atoms with Crippen molar-refractivity contribution in [3.8, 4) is 0 Å². The van der Waals surface area contributed by atoms with E-state index in [0.29, 0.717) is 11.0 Å². The minimum absolute atomic E-state index is 0.0243. The van der Waals surface area contributed by atoms with Crippen molar-refractivity contribution in [3.63, 3.8) is 0 Å². The molecule has 5 heteroatoms. The second kappa shape index (κ2) is 3.03. The predicted octanol–water partition coefficient (Wildman–Crippen LogP) is 1.12. The number of rotatable bonds is 2. The predicted molar refractivity (Wildman–Crippen MR) is 38.0 cm³/mol. The van der Waals surface area contributed by atoms with Gasteiger partial charge in [0.1, 0.15) is 5.69 Å². The lowest BCUT2D eigenvalue weighted by Crippen LogP contribution is -1.99. The van der Waals surface area contributed by atoms with Crippen LogP contribution in [0, 0.1) is 0 Å². The van der Waals surface area contributed by atoms with Gasteiger partial charge in [-0.3, -0.25) is 4.79 Å². The summed E-state index contributed by atoms with van der Waals surface area (Å²) < 4.78 is 3.54. The number of Topliss-reactive ketones (excluding diaryl/α,β-unsaturated/α-hetero) is 1. The zero-order chi connectivity index (χ0) is 6.69. The third-order valence-corrected chi connectivity index (χ3v) is 1.78. The molecule has 9 heavy (non-hydrogen) atoms. The fourth-order valence-electron chi connectivity index (χ4n) is 0.355. The Balaban J connectivity index is 2.77. The topological polar surface area (TPSA) is 42.9 Å². The summed E-state index contributed by atoms with van der Waals surface area (Å²) in [4.78, 5) is 10.7. The third-order valence-electron chi connectivity index (χ3n) is 0.767. The summed E-state index contributed by atoms with van der Waals surface area (Å²) in [5, 5.41) is 5.52. The lowest BCUT2D eigenvalue weighted by Gasteiger charge is -1.82. The third kappa shape index (κ3) is 1.56. The van der Waals surface area contributed by atoms with E-state index in [4.69, 9.17) is 0 Å². The van der Waals surface area contributed by atoms with Crippen molar-refractivity contribution < 1.29 is 4.79 Å². The van der Waals surface area contributed by atoms with Gasteiger partial charge in [-0.05, 0) is 11.5 Å². The van der Waals surface area contributed by atoms with Crippen molar-refractivity contribution in [2.45, 2.75) is 0 Å². The number of aromatic nitrogens is 2. The Morgan fingerprint density at radius 1 is 1.89 bits per heavy atom. The summed E-state index contributed by atoms with van der Waals surface area (Å²) >= 11 is 4.20. The smallest absolute Gasteiger partial charge is 0.194 e. The Morgan fingerprint density at radius 3 is 3.11 bits per heavy atom. The zero-order valence-corrected chi connectivity index (χ0v) is 6.78. The Kier molecular flexibility index (Phi) is 2.29. The lowest BCUT2D eigenvalue weighted by molar-refractivity contribution is 0.101. The van der Waals surface area contributed by atoms with E-state index >= 15 is 0 Å². The van der Waals surface area contributed by atoms with Gasteiger partial charge in [-0.1, -0.05) is 20.4 Å². The quantitative estimate of drug-likeness (QED) is 0.539. The fraction of sp³-hybridized carbons (Fsp3) is 0.250. The zero-order valence-electron chi connectivity index (χ0n) is 4.37. The number of hydrogen-bond donors (Lipinski definition) is 0. The van der Waals surface area contributed by atoms with E-state index in [1.54, 1.807) is 5.38 Å². The highest BCUT2D eigenvalue weighted by Gasteiger charge is 2.04. The van der Waals surface area contributed by atoms with Gasteiger partial charge in [0.25, 0.3) is 0 Å². The Labute approximate surface area is 64.4 Å². The minimum atomic E-state index is -0.0243. The molecule has 0 amide bonds. The summed E-state index contributed by atoms with van der Waals surface area (Å²) in [6.45, 7) is 0. The van der Waals surface area contributed by atoms with E-state index < -0.39 is 0 Å². The molecule has 1 heterocycles. The van der Waals surface area contributed by atoms with Crippen LogP contribution in [0.15, 0.2) is 5.38 Å². The molecule has 0 spiro atoms. The van der Waals surface area contributed by atoms with E-state index in [1.807, 2.05) is 0 Å². The van der Waals surface area contributed by atoms with Crippen molar-refractivity contribution in [3.05, 3.63) is 11.1 Å². The highest BCUT2D eigenvalue weighted by Crippen LogP contribution is 1.99. The Morgan fingerprint density at radius 2 is 2.67 bits per heavy atom. The van der Waals surface area contributed by atoms with Crippen LogP contribution in [0.4, 0.5) is 0 Å². The Hall–Kier alpha value is -0.290. The molecule has 0 fully saturated rings. The van der Waals surface area contributed by atoms with Crippen LogP contribution in [0.25, 0.3) is 0 Å². The van der Waals surface area contributed by atoms with Gasteiger partial charge < -0.3 is 0 Å². The van der Waals surface area contributed by atoms with Crippen LogP contribution in [0.3, 0.4) is 0 Å². The fourth-order valence-corrected chi connectivity index (χ4v) is 1.10. The van der Waals surface area contributed by atoms with Gasteiger partial charge in [-0.2, -0.15) is 0 Å². The molecule has 0 aliphatic carbocycles. The molecular formula is C4H3BrN2OS.